The number of hydrogen-bond acceptors (Lipinski definition) is 2. The monoisotopic (exact) mass is 228 g/mol. The first-order chi connectivity index (χ1) is 8.22. The summed E-state index contributed by atoms with van der Waals surface area (Å²) in [5, 5.41) is 4.32. The lowest BCUT2D eigenvalue weighted by molar-refractivity contribution is -0.108. The van der Waals surface area contributed by atoms with Crippen molar-refractivity contribution in [1.82, 2.24) is 9.78 Å². The molecule has 88 valence electrons. The lowest BCUT2D eigenvalue weighted by Crippen LogP contribution is -2.03. The highest BCUT2D eigenvalue weighted by atomic mass is 16.1. The minimum atomic E-state index is 0.216. The van der Waals surface area contributed by atoms with Gasteiger partial charge in [0.05, 0.1) is 11.9 Å². The molecule has 1 atom stereocenters. The van der Waals surface area contributed by atoms with Gasteiger partial charge in [0, 0.05) is 12.6 Å². The molecule has 0 bridgehead atoms. The summed E-state index contributed by atoms with van der Waals surface area (Å²) in [5.74, 6) is 0.216. The van der Waals surface area contributed by atoms with Gasteiger partial charge in [-0.1, -0.05) is 25.1 Å². The standard InChI is InChI=1S/C14H16N2O/c1-11-9-15-16(10-11)14-6-4-3-5-13(14)12(2)7-8-17/h3-6,8-10,12H,7H2,1-2H3. The summed E-state index contributed by atoms with van der Waals surface area (Å²) in [6, 6.07) is 8.07. The van der Waals surface area contributed by atoms with Crippen molar-refractivity contribution in [1.29, 1.82) is 0 Å². The van der Waals surface area contributed by atoms with E-state index in [0.717, 1.165) is 23.1 Å². The van der Waals surface area contributed by atoms with Crippen LogP contribution in [0.25, 0.3) is 5.69 Å². The van der Waals surface area contributed by atoms with Crippen molar-refractivity contribution in [3.8, 4) is 5.69 Å². The van der Waals surface area contributed by atoms with Crippen molar-refractivity contribution in [3.05, 3.63) is 47.8 Å². The molecule has 0 fully saturated rings. The molecule has 0 aliphatic heterocycles. The second-order valence-corrected chi connectivity index (χ2v) is 4.32. The van der Waals surface area contributed by atoms with Gasteiger partial charge >= 0.3 is 0 Å². The van der Waals surface area contributed by atoms with E-state index in [9.17, 15) is 4.79 Å². The summed E-state index contributed by atoms with van der Waals surface area (Å²) >= 11 is 0. The number of aromatic nitrogens is 2. The fraction of sp³-hybridized carbons (Fsp3) is 0.286. The molecule has 0 saturated carbocycles. The van der Waals surface area contributed by atoms with Gasteiger partial charge in [-0.25, -0.2) is 4.68 Å². The maximum absolute atomic E-state index is 10.6. The number of hydrogen-bond donors (Lipinski definition) is 0. The first kappa shape index (κ1) is 11.6. The molecule has 1 unspecified atom stereocenters. The zero-order valence-corrected chi connectivity index (χ0v) is 10.1. The molecule has 0 spiro atoms. The summed E-state index contributed by atoms with van der Waals surface area (Å²) in [4.78, 5) is 10.6. The van der Waals surface area contributed by atoms with Crippen molar-refractivity contribution >= 4 is 6.29 Å². The minimum absolute atomic E-state index is 0.216. The SMILES string of the molecule is Cc1cnn(-c2ccccc2C(C)CC=O)c1. The molecule has 2 aromatic rings. The molecule has 1 heterocycles. The van der Waals surface area contributed by atoms with Crippen molar-refractivity contribution in [2.24, 2.45) is 0 Å². The predicted octanol–water partition coefficient (Wildman–Crippen LogP) is 2.87. The Bertz CT molecular complexity index is 516. The highest BCUT2D eigenvalue weighted by molar-refractivity contribution is 5.53. The number of aldehydes is 1. The van der Waals surface area contributed by atoms with Crippen molar-refractivity contribution < 1.29 is 4.79 Å². The first-order valence-corrected chi connectivity index (χ1v) is 5.76. The topological polar surface area (TPSA) is 34.9 Å². The van der Waals surface area contributed by atoms with Crippen molar-refractivity contribution in [2.75, 3.05) is 0 Å². The van der Waals surface area contributed by atoms with Crippen LogP contribution in [-0.4, -0.2) is 16.1 Å². The first-order valence-electron chi connectivity index (χ1n) is 5.76. The maximum Gasteiger partial charge on any atom is 0.120 e. The van der Waals surface area contributed by atoms with Gasteiger partial charge in [-0.15, -0.1) is 0 Å². The fourth-order valence-corrected chi connectivity index (χ4v) is 1.93. The van der Waals surface area contributed by atoms with Crippen LogP contribution < -0.4 is 0 Å². The molecule has 0 aliphatic carbocycles. The molecular formula is C14H16N2O. The number of rotatable bonds is 4. The van der Waals surface area contributed by atoms with Crippen LogP contribution in [0.5, 0.6) is 0 Å². The Morgan fingerprint density at radius 1 is 1.41 bits per heavy atom. The highest BCUT2D eigenvalue weighted by Gasteiger charge is 2.11. The molecule has 0 saturated heterocycles. The van der Waals surface area contributed by atoms with Crippen LogP contribution in [0.4, 0.5) is 0 Å². The number of carbonyl (C=O) groups excluding carboxylic acids is 1. The van der Waals surface area contributed by atoms with Gasteiger partial charge in [0.15, 0.2) is 0 Å². The van der Waals surface area contributed by atoms with Crippen LogP contribution in [0.1, 0.15) is 30.4 Å². The lowest BCUT2D eigenvalue weighted by Gasteiger charge is -2.14. The third kappa shape index (κ3) is 2.44. The van der Waals surface area contributed by atoms with E-state index in [1.165, 1.54) is 0 Å². The molecule has 1 aromatic carbocycles. The smallest absolute Gasteiger partial charge is 0.120 e. The van der Waals surface area contributed by atoms with Crippen LogP contribution in [0.2, 0.25) is 0 Å². The van der Waals surface area contributed by atoms with Crippen molar-refractivity contribution in [3.63, 3.8) is 0 Å². The van der Waals surface area contributed by atoms with Gasteiger partial charge < -0.3 is 4.79 Å². The summed E-state index contributed by atoms with van der Waals surface area (Å²) in [6.45, 7) is 4.07. The van der Waals surface area contributed by atoms with Gasteiger partial charge in [0.25, 0.3) is 0 Å². The second kappa shape index (κ2) is 4.95. The molecule has 0 aliphatic rings. The summed E-state index contributed by atoms with van der Waals surface area (Å²) in [5.41, 5.74) is 3.33. The van der Waals surface area contributed by atoms with Gasteiger partial charge in [0.2, 0.25) is 0 Å². The molecule has 0 radical (unpaired) electrons. The minimum Gasteiger partial charge on any atom is -0.303 e. The van der Waals surface area contributed by atoms with E-state index in [2.05, 4.69) is 18.1 Å². The quantitative estimate of drug-likeness (QED) is 0.754. The summed E-state index contributed by atoms with van der Waals surface area (Å²) in [6.07, 6.45) is 5.33. The third-order valence-electron chi connectivity index (χ3n) is 2.88. The van der Waals surface area contributed by atoms with E-state index < -0.39 is 0 Å². The number of benzene rings is 1. The Kier molecular flexibility index (Phi) is 3.38. The zero-order chi connectivity index (χ0) is 12.3. The van der Waals surface area contributed by atoms with E-state index in [4.69, 9.17) is 0 Å². The molecule has 0 N–H and O–H groups in total. The summed E-state index contributed by atoms with van der Waals surface area (Å²) < 4.78 is 1.87. The lowest BCUT2D eigenvalue weighted by atomic mass is 9.97. The Morgan fingerprint density at radius 2 is 2.18 bits per heavy atom. The number of aryl methyl sites for hydroxylation is 1. The largest absolute Gasteiger partial charge is 0.303 e. The molecule has 17 heavy (non-hydrogen) atoms. The molecule has 0 amide bonds. The predicted molar refractivity (Wildman–Crippen MR) is 67.4 cm³/mol. The maximum atomic E-state index is 10.6. The van der Waals surface area contributed by atoms with Gasteiger partial charge in [-0.2, -0.15) is 5.10 Å². The van der Waals surface area contributed by atoms with Crippen LogP contribution in [-0.2, 0) is 4.79 Å². The molecular weight excluding hydrogens is 212 g/mol. The van der Waals surface area contributed by atoms with Crippen molar-refractivity contribution in [2.45, 2.75) is 26.2 Å². The average molecular weight is 228 g/mol. The van der Waals surface area contributed by atoms with E-state index in [-0.39, 0.29) is 5.92 Å². The van der Waals surface area contributed by atoms with Crippen LogP contribution >= 0.6 is 0 Å². The van der Waals surface area contributed by atoms with Crippen LogP contribution in [0.3, 0.4) is 0 Å². The normalized spacial score (nSPS) is 12.4. The fourth-order valence-electron chi connectivity index (χ4n) is 1.93. The summed E-state index contributed by atoms with van der Waals surface area (Å²) in [7, 11) is 0. The van der Waals surface area contributed by atoms with Gasteiger partial charge in [-0.3, -0.25) is 0 Å². The van der Waals surface area contributed by atoms with E-state index in [1.54, 1.807) is 0 Å². The van der Waals surface area contributed by atoms with Gasteiger partial charge in [0.1, 0.15) is 6.29 Å². The van der Waals surface area contributed by atoms with E-state index in [0.29, 0.717) is 6.42 Å². The van der Waals surface area contributed by atoms with Crippen LogP contribution in [0, 0.1) is 6.92 Å². The molecule has 1 aromatic heterocycles. The molecule has 3 nitrogen and oxygen atoms in total. The molecule has 3 heteroatoms. The average Bonchev–Trinajstić information content (AvgIpc) is 2.76. The Morgan fingerprint density at radius 3 is 2.82 bits per heavy atom. The third-order valence-corrected chi connectivity index (χ3v) is 2.88. The van der Waals surface area contributed by atoms with Gasteiger partial charge in [-0.05, 0) is 30.0 Å². The molecule has 2 rings (SSSR count). The number of nitrogens with zero attached hydrogens (tertiary/aromatic N) is 2. The van der Waals surface area contributed by atoms with Crippen LogP contribution in [0.15, 0.2) is 36.7 Å². The Labute approximate surface area is 101 Å². The highest BCUT2D eigenvalue weighted by Crippen LogP contribution is 2.24. The second-order valence-electron chi connectivity index (χ2n) is 4.32. The zero-order valence-electron chi connectivity index (χ0n) is 10.1. The Balaban J connectivity index is 2.43. The number of carbonyl (C=O) groups is 1. The Hall–Kier alpha value is -1.90. The van der Waals surface area contributed by atoms with E-state index >= 15 is 0 Å². The number of para-hydroxylation sites is 1. The van der Waals surface area contributed by atoms with E-state index in [1.807, 2.05) is 42.2 Å².